The summed E-state index contributed by atoms with van der Waals surface area (Å²) in [5.41, 5.74) is 3.06. The molecule has 35 heavy (non-hydrogen) atoms. The lowest BCUT2D eigenvalue weighted by Crippen LogP contribution is -2.48. The van der Waals surface area contributed by atoms with Crippen LogP contribution in [0.15, 0.2) is 40.2 Å². The van der Waals surface area contributed by atoms with Gasteiger partial charge in [0, 0.05) is 49.1 Å². The van der Waals surface area contributed by atoms with Gasteiger partial charge in [-0.1, -0.05) is 38.1 Å². The van der Waals surface area contributed by atoms with Crippen LogP contribution in [0.4, 0.5) is 4.39 Å². The number of amides is 1. The highest BCUT2D eigenvalue weighted by Gasteiger charge is 2.27. The highest BCUT2D eigenvalue weighted by Crippen LogP contribution is 2.30. The molecule has 1 aliphatic heterocycles. The van der Waals surface area contributed by atoms with Gasteiger partial charge in [0.05, 0.1) is 33.0 Å². The zero-order valence-corrected chi connectivity index (χ0v) is 21.2. The maximum absolute atomic E-state index is 14.5. The van der Waals surface area contributed by atoms with Crippen molar-refractivity contribution < 1.29 is 13.7 Å². The zero-order chi connectivity index (χ0) is 24.7. The second-order valence-electron chi connectivity index (χ2n) is 9.95. The highest BCUT2D eigenvalue weighted by molar-refractivity contribution is 7.09. The van der Waals surface area contributed by atoms with Crippen molar-refractivity contribution in [3.63, 3.8) is 0 Å². The molecule has 1 aromatic carbocycles. The van der Waals surface area contributed by atoms with E-state index in [-0.39, 0.29) is 17.0 Å². The maximum Gasteiger partial charge on any atom is 0.259 e. The van der Waals surface area contributed by atoms with Gasteiger partial charge < -0.3 is 9.42 Å². The first-order valence-corrected chi connectivity index (χ1v) is 12.6. The van der Waals surface area contributed by atoms with Crippen LogP contribution in [0.25, 0.3) is 22.4 Å². The van der Waals surface area contributed by atoms with E-state index in [0.29, 0.717) is 41.0 Å². The molecular formula is C26H28FN5O2S. The fraction of sp³-hybridized carbons (Fsp3) is 0.385. The number of hydrogen-bond donors (Lipinski definition) is 0. The van der Waals surface area contributed by atoms with Crippen molar-refractivity contribution in [3.8, 4) is 11.3 Å². The van der Waals surface area contributed by atoms with Gasteiger partial charge in [-0.15, -0.1) is 11.3 Å². The van der Waals surface area contributed by atoms with E-state index in [9.17, 15) is 9.18 Å². The van der Waals surface area contributed by atoms with Gasteiger partial charge in [0.25, 0.3) is 11.6 Å². The number of thiazole rings is 1. The van der Waals surface area contributed by atoms with Gasteiger partial charge in [-0.2, -0.15) is 0 Å². The molecule has 0 unspecified atom stereocenters. The topological polar surface area (TPSA) is 75.4 Å². The van der Waals surface area contributed by atoms with Crippen LogP contribution in [-0.2, 0) is 12.0 Å². The van der Waals surface area contributed by atoms with Gasteiger partial charge in [-0.3, -0.25) is 9.69 Å². The number of hydrogen-bond acceptors (Lipinski definition) is 7. The van der Waals surface area contributed by atoms with Gasteiger partial charge in [0.2, 0.25) is 0 Å². The number of aryl methyl sites for hydroxylation is 1. The summed E-state index contributed by atoms with van der Waals surface area (Å²) in [5.74, 6) is -0.524. The van der Waals surface area contributed by atoms with Crippen molar-refractivity contribution >= 4 is 28.3 Å². The first kappa shape index (κ1) is 23.6. The number of carbonyl (C=O) groups is 1. The Balaban J connectivity index is 1.35. The summed E-state index contributed by atoms with van der Waals surface area (Å²) in [6, 6.07) is 8.03. The molecule has 0 saturated carbocycles. The number of pyridine rings is 1. The zero-order valence-electron chi connectivity index (χ0n) is 20.3. The van der Waals surface area contributed by atoms with Gasteiger partial charge >= 0.3 is 0 Å². The first-order chi connectivity index (χ1) is 16.7. The number of carbonyl (C=O) groups excluding carboxylic acids is 1. The van der Waals surface area contributed by atoms with Crippen molar-refractivity contribution in [2.24, 2.45) is 0 Å². The van der Waals surface area contributed by atoms with Crippen LogP contribution < -0.4 is 0 Å². The van der Waals surface area contributed by atoms with Crippen molar-refractivity contribution in [2.45, 2.75) is 39.7 Å². The summed E-state index contributed by atoms with van der Waals surface area (Å²) in [6.45, 7) is 11.8. The Kier molecular flexibility index (Phi) is 6.14. The molecule has 4 heterocycles. The number of aromatic nitrogens is 3. The van der Waals surface area contributed by atoms with Crippen LogP contribution >= 0.6 is 11.3 Å². The Morgan fingerprint density at radius 3 is 2.57 bits per heavy atom. The molecular weight excluding hydrogens is 465 g/mol. The van der Waals surface area contributed by atoms with Gasteiger partial charge in [-0.25, -0.2) is 14.4 Å². The first-order valence-electron chi connectivity index (χ1n) is 11.7. The molecule has 182 valence electrons. The van der Waals surface area contributed by atoms with E-state index in [2.05, 4.69) is 41.2 Å². The van der Waals surface area contributed by atoms with E-state index >= 15 is 0 Å². The Morgan fingerprint density at radius 1 is 1.14 bits per heavy atom. The average molecular weight is 494 g/mol. The smallest absolute Gasteiger partial charge is 0.259 e. The standard InChI is InChI=1S/C26H28FN5O2S/c1-16-22-19(13-21(29-23(22)34-30-16)18-7-5-6-8-20(18)27)24(33)32-11-9-31(10-12-32)14-17-15-35-25(28-17)26(2,3)4/h5-8,13,15H,9-12,14H2,1-4H3. The molecule has 4 aromatic rings. The minimum absolute atomic E-state index is 0.0471. The summed E-state index contributed by atoms with van der Waals surface area (Å²) in [4.78, 5) is 27.0. The summed E-state index contributed by atoms with van der Waals surface area (Å²) in [6.07, 6.45) is 0. The average Bonchev–Trinajstić information content (AvgIpc) is 3.46. The Bertz CT molecular complexity index is 1380. The van der Waals surface area contributed by atoms with Gasteiger partial charge in [0.1, 0.15) is 5.82 Å². The van der Waals surface area contributed by atoms with E-state index in [1.165, 1.54) is 6.07 Å². The van der Waals surface area contributed by atoms with Crippen LogP contribution in [0.5, 0.6) is 0 Å². The third kappa shape index (κ3) is 4.70. The minimum atomic E-state index is -0.403. The second-order valence-corrected chi connectivity index (χ2v) is 10.8. The maximum atomic E-state index is 14.5. The van der Waals surface area contributed by atoms with Crippen molar-refractivity contribution in [3.05, 3.63) is 63.5 Å². The molecule has 0 spiro atoms. The van der Waals surface area contributed by atoms with Gasteiger partial charge in [0.15, 0.2) is 0 Å². The van der Waals surface area contributed by atoms with E-state index in [0.717, 1.165) is 30.3 Å². The number of fused-ring (bicyclic) bond motifs is 1. The summed E-state index contributed by atoms with van der Waals surface area (Å²) >= 11 is 1.70. The molecule has 1 amide bonds. The van der Waals surface area contributed by atoms with Crippen molar-refractivity contribution in [2.75, 3.05) is 26.2 Å². The minimum Gasteiger partial charge on any atom is -0.336 e. The van der Waals surface area contributed by atoms with E-state index in [4.69, 9.17) is 9.51 Å². The van der Waals surface area contributed by atoms with Crippen LogP contribution in [-0.4, -0.2) is 57.0 Å². The van der Waals surface area contributed by atoms with Crippen molar-refractivity contribution in [1.82, 2.24) is 24.9 Å². The molecule has 1 aliphatic rings. The van der Waals surface area contributed by atoms with Crippen LogP contribution in [0.2, 0.25) is 0 Å². The molecule has 3 aromatic heterocycles. The third-order valence-electron chi connectivity index (χ3n) is 6.24. The number of rotatable bonds is 4. The number of piperazine rings is 1. The van der Waals surface area contributed by atoms with Crippen LogP contribution in [0.3, 0.4) is 0 Å². The number of benzene rings is 1. The van der Waals surface area contributed by atoms with E-state index in [1.54, 1.807) is 42.5 Å². The molecule has 0 bridgehead atoms. The molecule has 0 radical (unpaired) electrons. The Labute approximate surface area is 207 Å². The van der Waals surface area contributed by atoms with Crippen LogP contribution in [0, 0.1) is 12.7 Å². The third-order valence-corrected chi connectivity index (χ3v) is 7.55. The van der Waals surface area contributed by atoms with Crippen molar-refractivity contribution in [1.29, 1.82) is 0 Å². The largest absolute Gasteiger partial charge is 0.336 e. The Hall–Kier alpha value is -3.17. The van der Waals surface area contributed by atoms with Gasteiger partial charge in [-0.05, 0) is 25.1 Å². The number of nitrogens with zero attached hydrogens (tertiary/aromatic N) is 5. The lowest BCUT2D eigenvalue weighted by Gasteiger charge is -2.34. The fourth-order valence-electron chi connectivity index (χ4n) is 4.30. The number of halogens is 1. The van der Waals surface area contributed by atoms with Crippen LogP contribution in [0.1, 0.15) is 47.5 Å². The summed E-state index contributed by atoms with van der Waals surface area (Å²) in [7, 11) is 0. The lowest BCUT2D eigenvalue weighted by atomic mass is 9.98. The quantitative estimate of drug-likeness (QED) is 0.396. The molecule has 1 fully saturated rings. The lowest BCUT2D eigenvalue weighted by molar-refractivity contribution is 0.0629. The summed E-state index contributed by atoms with van der Waals surface area (Å²) in [5, 5.41) is 7.85. The molecule has 0 aliphatic carbocycles. The predicted molar refractivity (Wildman–Crippen MR) is 134 cm³/mol. The molecule has 0 N–H and O–H groups in total. The van der Waals surface area contributed by atoms with E-state index in [1.807, 2.05) is 4.90 Å². The highest BCUT2D eigenvalue weighted by atomic mass is 32.1. The normalized spacial score (nSPS) is 15.2. The molecule has 7 nitrogen and oxygen atoms in total. The molecule has 9 heteroatoms. The summed E-state index contributed by atoms with van der Waals surface area (Å²) < 4.78 is 19.8. The molecule has 1 saturated heterocycles. The second kappa shape index (κ2) is 9.13. The van der Waals surface area contributed by atoms with E-state index < -0.39 is 5.82 Å². The fourth-order valence-corrected chi connectivity index (χ4v) is 5.20. The SMILES string of the molecule is Cc1noc2nc(-c3ccccc3F)cc(C(=O)N3CCN(Cc4csc(C(C)(C)C)n4)CC3)c12. The molecule has 0 atom stereocenters. The Morgan fingerprint density at radius 2 is 1.89 bits per heavy atom. The predicted octanol–water partition coefficient (Wildman–Crippen LogP) is 5.05. The monoisotopic (exact) mass is 493 g/mol. The molecule has 5 rings (SSSR count).